The van der Waals surface area contributed by atoms with Crippen molar-refractivity contribution in [3.63, 3.8) is 0 Å². The Balaban J connectivity index is 2.95. The average molecular weight is 242 g/mol. The molecule has 1 rings (SSSR count). The lowest BCUT2D eigenvalue weighted by molar-refractivity contribution is 0.473. The van der Waals surface area contributed by atoms with Crippen LogP contribution in [0, 0.1) is 0 Å². The quantitative estimate of drug-likeness (QED) is 0.747. The lowest BCUT2D eigenvalue weighted by atomic mass is 10.0. The van der Waals surface area contributed by atoms with E-state index in [1.165, 1.54) is 5.56 Å². The summed E-state index contributed by atoms with van der Waals surface area (Å²) in [7, 11) is 2.70. The first-order valence-electron chi connectivity index (χ1n) is 4.91. The average Bonchev–Trinajstić information content (AvgIpc) is 2.27. The first-order valence-corrected chi connectivity index (χ1v) is 7.13. The van der Waals surface area contributed by atoms with Crippen molar-refractivity contribution >= 4 is 24.6 Å². The highest BCUT2D eigenvalue weighted by molar-refractivity contribution is 8.03. The van der Waals surface area contributed by atoms with Crippen LogP contribution < -0.4 is 4.67 Å². The predicted octanol–water partition coefficient (Wildman–Crippen LogP) is 3.67. The predicted molar refractivity (Wildman–Crippen MR) is 70.2 cm³/mol. The van der Waals surface area contributed by atoms with Crippen molar-refractivity contribution in [2.75, 3.05) is 18.8 Å². The molecular formula is C11H17NOPS+. The number of hydrogen-bond acceptors (Lipinski definition) is 2. The zero-order chi connectivity index (χ0) is 11.4. The zero-order valence-electron chi connectivity index (χ0n) is 9.60. The van der Waals surface area contributed by atoms with Gasteiger partial charge in [0.15, 0.2) is 0 Å². The highest BCUT2D eigenvalue weighted by Crippen LogP contribution is 2.33. The molecule has 1 unspecified atom stereocenters. The number of anilines is 1. The van der Waals surface area contributed by atoms with Gasteiger partial charge in [0.1, 0.15) is 0 Å². The van der Waals surface area contributed by atoms with E-state index in [0.29, 0.717) is 5.92 Å². The Morgan fingerprint density at radius 2 is 2.07 bits per heavy atom. The van der Waals surface area contributed by atoms with Gasteiger partial charge in [0, 0.05) is 0 Å². The molecular weight excluding hydrogens is 225 g/mol. The highest BCUT2D eigenvalue weighted by atomic mass is 32.4. The molecule has 0 heterocycles. The molecule has 0 aromatic heterocycles. The lowest BCUT2D eigenvalue weighted by Gasteiger charge is -2.11. The minimum Gasteiger partial charge on any atom is -0.166 e. The number of hydrogen-bond donors (Lipinski definition) is 0. The van der Waals surface area contributed by atoms with Crippen LogP contribution in [0.1, 0.15) is 25.3 Å². The van der Waals surface area contributed by atoms with Crippen LogP contribution in [-0.2, 0) is 16.3 Å². The van der Waals surface area contributed by atoms with Gasteiger partial charge in [-0.05, 0) is 23.6 Å². The normalized spacial score (nSPS) is 11.7. The van der Waals surface area contributed by atoms with Gasteiger partial charge in [-0.25, -0.2) is 0 Å². The number of nitrogens with zero attached hydrogens (tertiary/aromatic N) is 1. The van der Waals surface area contributed by atoms with Gasteiger partial charge in [0.25, 0.3) is 0 Å². The second-order valence-corrected chi connectivity index (χ2v) is 6.07. The molecule has 0 saturated heterocycles. The van der Waals surface area contributed by atoms with Gasteiger partial charge in [-0.2, -0.15) is 9.19 Å². The molecule has 0 radical (unpaired) electrons. The number of benzene rings is 1. The van der Waals surface area contributed by atoms with Crippen LogP contribution in [0.25, 0.3) is 0 Å². The molecule has 0 fully saturated rings. The van der Waals surface area contributed by atoms with E-state index in [2.05, 4.69) is 38.1 Å². The summed E-state index contributed by atoms with van der Waals surface area (Å²) in [6, 6.07) is 8.44. The van der Waals surface area contributed by atoms with E-state index >= 15 is 0 Å². The fourth-order valence-corrected chi connectivity index (χ4v) is 2.14. The molecule has 1 atom stereocenters. The summed E-state index contributed by atoms with van der Waals surface area (Å²) in [6.45, 7) is 4.37. The second-order valence-electron chi connectivity index (χ2n) is 3.69. The van der Waals surface area contributed by atoms with E-state index in [4.69, 9.17) is 16.3 Å². The minimum atomic E-state index is -0.931. The van der Waals surface area contributed by atoms with E-state index in [0.717, 1.165) is 5.69 Å². The monoisotopic (exact) mass is 242 g/mol. The van der Waals surface area contributed by atoms with Crippen molar-refractivity contribution in [2.45, 2.75) is 19.8 Å². The van der Waals surface area contributed by atoms with E-state index < -0.39 is 7.07 Å². The van der Waals surface area contributed by atoms with Crippen molar-refractivity contribution in [3.05, 3.63) is 29.8 Å². The van der Waals surface area contributed by atoms with Gasteiger partial charge in [0.2, 0.25) is 11.8 Å². The fraction of sp³-hybridized carbons (Fsp3) is 0.455. The van der Waals surface area contributed by atoms with Crippen LogP contribution in [0.5, 0.6) is 0 Å². The Hall–Kier alpha value is -0.500. The van der Waals surface area contributed by atoms with Gasteiger partial charge >= 0.3 is 7.07 Å². The summed E-state index contributed by atoms with van der Waals surface area (Å²) >= 11 is 5.22. The Bertz CT molecular complexity index is 354. The van der Waals surface area contributed by atoms with Crippen LogP contribution in [0.3, 0.4) is 0 Å². The summed E-state index contributed by atoms with van der Waals surface area (Å²) < 4.78 is 7.18. The molecule has 0 spiro atoms. The van der Waals surface area contributed by atoms with Crippen LogP contribution in [0.15, 0.2) is 24.3 Å². The molecule has 0 saturated carbocycles. The Morgan fingerprint density at radius 1 is 1.40 bits per heavy atom. The Kier molecular flexibility index (Phi) is 4.65. The third-order valence-electron chi connectivity index (χ3n) is 2.31. The van der Waals surface area contributed by atoms with Crippen LogP contribution >= 0.6 is 7.07 Å². The molecule has 0 bridgehead atoms. The summed E-state index contributed by atoms with van der Waals surface area (Å²) in [4.78, 5) is 0. The van der Waals surface area contributed by atoms with Crippen LogP contribution in [0.4, 0.5) is 5.69 Å². The lowest BCUT2D eigenvalue weighted by Crippen LogP contribution is -2.07. The first-order chi connectivity index (χ1) is 7.06. The van der Waals surface area contributed by atoms with Crippen molar-refractivity contribution in [1.29, 1.82) is 0 Å². The third-order valence-corrected chi connectivity index (χ3v) is 4.53. The smallest absolute Gasteiger partial charge is 0.166 e. The molecule has 0 N–H and O–H groups in total. The van der Waals surface area contributed by atoms with Gasteiger partial charge in [-0.3, -0.25) is 0 Å². The fourth-order valence-electron chi connectivity index (χ4n) is 1.30. The van der Waals surface area contributed by atoms with Crippen molar-refractivity contribution < 1.29 is 4.52 Å². The topological polar surface area (TPSA) is 12.5 Å². The first kappa shape index (κ1) is 12.6. The molecule has 0 amide bonds. The SMILES string of the molecule is CO[P+](=S)N(C)c1cccc(C(C)C)c1. The minimum absolute atomic E-state index is 0.539. The molecule has 82 valence electrons. The third kappa shape index (κ3) is 3.23. The highest BCUT2D eigenvalue weighted by Gasteiger charge is 2.19. The van der Waals surface area contributed by atoms with Gasteiger partial charge in [-0.1, -0.05) is 26.0 Å². The second kappa shape index (κ2) is 5.55. The van der Waals surface area contributed by atoms with E-state index in [-0.39, 0.29) is 0 Å². The molecule has 1 aromatic rings. The van der Waals surface area contributed by atoms with Crippen LogP contribution in [0.2, 0.25) is 0 Å². The molecule has 1 aromatic carbocycles. The Labute approximate surface area is 97.8 Å². The van der Waals surface area contributed by atoms with Crippen molar-refractivity contribution in [3.8, 4) is 0 Å². The molecule has 2 nitrogen and oxygen atoms in total. The summed E-state index contributed by atoms with van der Waals surface area (Å²) in [5, 5.41) is 0. The van der Waals surface area contributed by atoms with Gasteiger partial charge in [0.05, 0.1) is 19.8 Å². The van der Waals surface area contributed by atoms with Crippen LogP contribution in [-0.4, -0.2) is 14.2 Å². The molecule has 0 aliphatic rings. The maximum absolute atomic E-state index is 5.22. The van der Waals surface area contributed by atoms with Gasteiger partial charge < -0.3 is 0 Å². The summed E-state index contributed by atoms with van der Waals surface area (Å²) in [5.74, 6) is 0.539. The summed E-state index contributed by atoms with van der Waals surface area (Å²) in [5.41, 5.74) is 2.46. The Morgan fingerprint density at radius 3 is 2.60 bits per heavy atom. The van der Waals surface area contributed by atoms with E-state index in [9.17, 15) is 0 Å². The van der Waals surface area contributed by atoms with Crippen molar-refractivity contribution in [2.24, 2.45) is 0 Å². The molecule has 15 heavy (non-hydrogen) atoms. The summed E-state index contributed by atoms with van der Waals surface area (Å²) in [6.07, 6.45) is 0. The standard InChI is InChI=1S/C11H17NOPS/c1-9(2)10-6-5-7-11(8-10)12(3)14(15)13-4/h5-9H,1-4H3/q+1. The molecule has 0 aliphatic carbocycles. The maximum atomic E-state index is 5.22. The maximum Gasteiger partial charge on any atom is 0.471 e. The van der Waals surface area contributed by atoms with E-state index in [1.807, 2.05) is 11.7 Å². The van der Waals surface area contributed by atoms with Crippen molar-refractivity contribution in [1.82, 2.24) is 0 Å². The van der Waals surface area contributed by atoms with Gasteiger partial charge in [-0.15, -0.1) is 0 Å². The zero-order valence-corrected chi connectivity index (χ0v) is 11.3. The molecule has 0 aliphatic heterocycles. The number of rotatable bonds is 4. The van der Waals surface area contributed by atoms with E-state index in [1.54, 1.807) is 7.11 Å². The molecule has 4 heteroatoms. The largest absolute Gasteiger partial charge is 0.471 e.